The molecule has 4 bridgehead atoms. The number of pyridine rings is 2. The fourth-order valence-electron chi connectivity index (χ4n) is 6.51. The summed E-state index contributed by atoms with van der Waals surface area (Å²) in [4.78, 5) is 4.32. The second kappa shape index (κ2) is 8.48. The zero-order valence-corrected chi connectivity index (χ0v) is 21.9. The Balaban J connectivity index is 1.22. The van der Waals surface area contributed by atoms with Crippen LogP contribution in [0.1, 0.15) is 25.7 Å². The van der Waals surface area contributed by atoms with Gasteiger partial charge in [-0.15, -0.1) is 0 Å². The molecule has 2 heterocycles. The molecule has 0 N–H and O–H groups in total. The standard InChI is InChI=1S/C32H36N4/c1-33(2)29-15-21-35(22-16-29)31(25-7-8-26(31)10-9-25)19-5-6-20-32(27-11-12-28(32)14-13-27)36-23-17-30(18-24-36)34(3)4/h7-18,21-24H,5-6,19-20H2,1-4H3/q+2. The second-order valence-electron chi connectivity index (χ2n) is 10.8. The number of aromatic nitrogens is 2. The summed E-state index contributed by atoms with van der Waals surface area (Å²) in [7, 11) is 8.39. The summed E-state index contributed by atoms with van der Waals surface area (Å²) in [5, 5.41) is 0. The fourth-order valence-corrected chi connectivity index (χ4v) is 6.51. The van der Waals surface area contributed by atoms with Crippen molar-refractivity contribution in [2.24, 2.45) is 0 Å². The van der Waals surface area contributed by atoms with Gasteiger partial charge in [0.05, 0.1) is 0 Å². The normalized spacial score (nSPS) is 19.3. The van der Waals surface area contributed by atoms with Crippen molar-refractivity contribution in [1.82, 2.24) is 0 Å². The molecule has 0 radical (unpaired) electrons. The van der Waals surface area contributed by atoms with Crippen LogP contribution < -0.4 is 18.9 Å². The van der Waals surface area contributed by atoms with E-state index in [9.17, 15) is 0 Å². The molecule has 0 saturated carbocycles. The maximum Gasteiger partial charge on any atom is 0.218 e. The molecule has 0 fully saturated rings. The minimum atomic E-state index is -0.0655. The van der Waals surface area contributed by atoms with E-state index in [1.807, 2.05) is 0 Å². The highest BCUT2D eigenvalue weighted by Gasteiger charge is 2.52. The summed E-state index contributed by atoms with van der Waals surface area (Å²) in [5.41, 5.74) is 7.98. The average Bonchev–Trinajstić information content (AvgIpc) is 3.65. The summed E-state index contributed by atoms with van der Waals surface area (Å²) in [6.07, 6.45) is 32.0. The van der Waals surface area contributed by atoms with Gasteiger partial charge in [0.15, 0.2) is 24.8 Å². The highest BCUT2D eigenvalue weighted by Crippen LogP contribution is 2.47. The Hall–Kier alpha value is -3.66. The molecule has 0 atom stereocenters. The molecule has 0 aromatic carbocycles. The minimum absolute atomic E-state index is 0.0655. The molecule has 2 aromatic heterocycles. The van der Waals surface area contributed by atoms with Gasteiger partial charge < -0.3 is 9.80 Å². The van der Waals surface area contributed by atoms with Gasteiger partial charge in [0.2, 0.25) is 11.1 Å². The lowest BCUT2D eigenvalue weighted by Gasteiger charge is -2.28. The topological polar surface area (TPSA) is 14.2 Å². The van der Waals surface area contributed by atoms with E-state index in [0.717, 1.165) is 25.7 Å². The first-order valence-electron chi connectivity index (χ1n) is 13.1. The molecular weight excluding hydrogens is 440 g/mol. The van der Waals surface area contributed by atoms with E-state index < -0.39 is 0 Å². The fraction of sp³-hybridized carbons (Fsp3) is 0.312. The number of nitrogens with zero attached hydrogens (tertiary/aromatic N) is 4. The Morgan fingerprint density at radius 3 is 1.08 bits per heavy atom. The lowest BCUT2D eigenvalue weighted by Crippen LogP contribution is -2.56. The van der Waals surface area contributed by atoms with Crippen molar-refractivity contribution in [2.75, 3.05) is 38.0 Å². The second-order valence-corrected chi connectivity index (χ2v) is 10.8. The molecule has 0 amide bonds. The zero-order chi connectivity index (χ0) is 24.9. The summed E-state index contributed by atoms with van der Waals surface area (Å²) >= 11 is 0. The molecule has 36 heavy (non-hydrogen) atoms. The number of hydrogen-bond donors (Lipinski definition) is 0. The SMILES string of the molecule is CN(C)c1cc[n+](C2(CCCCC3([n+]4ccc(N(C)C)cc4)C4=CC=C3C=C4)C3=CC=C2C=C3)cc1. The number of hydrogen-bond acceptors (Lipinski definition) is 2. The Kier molecular flexibility index (Phi) is 5.36. The van der Waals surface area contributed by atoms with Crippen LogP contribution in [0.5, 0.6) is 0 Å². The van der Waals surface area contributed by atoms with Gasteiger partial charge in [0, 0.05) is 99.0 Å². The lowest BCUT2D eigenvalue weighted by molar-refractivity contribution is -0.746. The van der Waals surface area contributed by atoms with Crippen LogP contribution in [0.4, 0.5) is 11.4 Å². The van der Waals surface area contributed by atoms with E-state index >= 15 is 0 Å². The summed E-state index contributed by atoms with van der Waals surface area (Å²) in [5.74, 6) is 0. The van der Waals surface area contributed by atoms with Crippen LogP contribution in [-0.4, -0.2) is 28.2 Å². The third kappa shape index (κ3) is 3.27. The Labute approximate surface area is 215 Å². The van der Waals surface area contributed by atoms with Crippen molar-refractivity contribution in [3.05, 3.63) is 120 Å². The van der Waals surface area contributed by atoms with Gasteiger partial charge in [-0.3, -0.25) is 0 Å². The van der Waals surface area contributed by atoms with E-state index in [4.69, 9.17) is 0 Å². The van der Waals surface area contributed by atoms with Gasteiger partial charge in [-0.1, -0.05) is 48.6 Å². The molecule has 0 saturated heterocycles. The molecule has 0 aliphatic heterocycles. The molecule has 2 aromatic rings. The number of fused-ring (bicyclic) bond motifs is 4. The van der Waals surface area contributed by atoms with E-state index in [2.05, 4.69) is 145 Å². The van der Waals surface area contributed by atoms with Gasteiger partial charge in [-0.2, -0.15) is 9.13 Å². The maximum absolute atomic E-state index is 2.43. The largest absolute Gasteiger partial charge is 0.377 e. The van der Waals surface area contributed by atoms with Crippen molar-refractivity contribution >= 4 is 11.4 Å². The van der Waals surface area contributed by atoms with Crippen molar-refractivity contribution in [3.63, 3.8) is 0 Å². The lowest BCUT2D eigenvalue weighted by atomic mass is 9.81. The first kappa shape index (κ1) is 22.8. The van der Waals surface area contributed by atoms with Gasteiger partial charge in [0.1, 0.15) is 0 Å². The summed E-state index contributed by atoms with van der Waals surface area (Å²) in [6.45, 7) is 0. The van der Waals surface area contributed by atoms with Gasteiger partial charge in [-0.25, -0.2) is 0 Å². The van der Waals surface area contributed by atoms with Crippen molar-refractivity contribution in [3.8, 4) is 0 Å². The Bertz CT molecular complexity index is 1210. The molecule has 0 unspecified atom stereocenters. The molecule has 4 nitrogen and oxygen atoms in total. The van der Waals surface area contributed by atoms with E-state index in [-0.39, 0.29) is 11.1 Å². The molecule has 182 valence electrons. The molecule has 0 spiro atoms. The van der Waals surface area contributed by atoms with Gasteiger partial charge in [-0.05, 0) is 12.8 Å². The Morgan fingerprint density at radius 2 is 0.833 bits per heavy atom. The third-order valence-corrected chi connectivity index (χ3v) is 8.55. The smallest absolute Gasteiger partial charge is 0.218 e. The van der Waals surface area contributed by atoms with Crippen LogP contribution in [0.3, 0.4) is 0 Å². The summed E-state index contributed by atoms with van der Waals surface area (Å²) < 4.78 is 4.86. The highest BCUT2D eigenvalue weighted by atomic mass is 15.1. The average molecular weight is 477 g/mol. The number of anilines is 2. The van der Waals surface area contributed by atoms with Crippen LogP contribution in [0.15, 0.2) is 120 Å². The number of allylic oxidation sites excluding steroid dienone is 12. The first-order valence-corrected chi connectivity index (χ1v) is 13.1. The highest BCUT2D eigenvalue weighted by molar-refractivity contribution is 5.58. The van der Waals surface area contributed by atoms with E-state index in [0.29, 0.717) is 0 Å². The molecule has 4 heteroatoms. The predicted octanol–water partition coefficient (Wildman–Crippen LogP) is 4.92. The van der Waals surface area contributed by atoms with Crippen LogP contribution in [0.25, 0.3) is 0 Å². The van der Waals surface area contributed by atoms with Crippen LogP contribution in [-0.2, 0) is 11.1 Å². The van der Waals surface area contributed by atoms with Crippen LogP contribution in [0, 0.1) is 0 Å². The van der Waals surface area contributed by atoms with Gasteiger partial charge in [0.25, 0.3) is 0 Å². The maximum atomic E-state index is 2.43. The Morgan fingerprint density at radius 1 is 0.528 bits per heavy atom. The molecular formula is C32H36N4+2. The van der Waals surface area contributed by atoms with Crippen molar-refractivity contribution < 1.29 is 9.13 Å². The zero-order valence-electron chi connectivity index (χ0n) is 21.9. The number of rotatable bonds is 9. The van der Waals surface area contributed by atoms with Crippen molar-refractivity contribution in [2.45, 2.75) is 36.8 Å². The predicted molar refractivity (Wildman–Crippen MR) is 147 cm³/mol. The minimum Gasteiger partial charge on any atom is -0.377 e. The monoisotopic (exact) mass is 476 g/mol. The molecule has 4 aliphatic rings. The van der Waals surface area contributed by atoms with Crippen LogP contribution >= 0.6 is 0 Å². The van der Waals surface area contributed by atoms with E-state index in [1.165, 1.54) is 33.7 Å². The molecule has 4 aliphatic carbocycles. The van der Waals surface area contributed by atoms with E-state index in [1.54, 1.807) is 0 Å². The van der Waals surface area contributed by atoms with Crippen molar-refractivity contribution in [1.29, 1.82) is 0 Å². The number of unbranched alkanes of at least 4 members (excludes halogenated alkanes) is 1. The molecule has 6 rings (SSSR count). The third-order valence-electron chi connectivity index (χ3n) is 8.55. The van der Waals surface area contributed by atoms with Crippen LogP contribution in [0.2, 0.25) is 0 Å². The van der Waals surface area contributed by atoms with Gasteiger partial charge >= 0.3 is 0 Å². The summed E-state index contributed by atoms with van der Waals surface area (Å²) in [6, 6.07) is 8.91. The quantitative estimate of drug-likeness (QED) is 0.377. The first-order chi connectivity index (χ1) is 17.4.